The second-order valence-corrected chi connectivity index (χ2v) is 17.2. The molecule has 3 heterocycles. The van der Waals surface area contributed by atoms with Gasteiger partial charge in [-0.15, -0.1) is 0 Å². The number of carbonyl (C=O) groups excluding carboxylic acids is 1. The van der Waals surface area contributed by atoms with E-state index in [1.807, 2.05) is 84.9 Å². The fraction of sp³-hybridized carbons (Fsp3) is 0.367. The second-order valence-electron chi connectivity index (χ2n) is 15.8. The van der Waals surface area contributed by atoms with Crippen LogP contribution in [0.25, 0.3) is 11.2 Å². The number of anilines is 1. The first-order chi connectivity index (χ1) is 32.1. The normalized spacial score (nSPS) is 17.9. The van der Waals surface area contributed by atoms with Crippen LogP contribution in [0.1, 0.15) is 67.4 Å². The van der Waals surface area contributed by atoms with Crippen molar-refractivity contribution in [3.8, 4) is 17.6 Å². The van der Waals surface area contributed by atoms with Gasteiger partial charge >= 0.3 is 0 Å². The summed E-state index contributed by atoms with van der Waals surface area (Å²) < 4.78 is 56.0. The Bertz CT molecular complexity index is 2450. The summed E-state index contributed by atoms with van der Waals surface area (Å²) in [5, 5.41) is 12.5. The molecule has 1 saturated heterocycles. The van der Waals surface area contributed by atoms with Crippen LogP contribution in [-0.4, -0.2) is 102 Å². The number of nitriles is 1. The van der Waals surface area contributed by atoms with Crippen LogP contribution in [0.15, 0.2) is 122 Å². The lowest BCUT2D eigenvalue weighted by Gasteiger charge is -2.41. The molecule has 0 aliphatic carbocycles. The van der Waals surface area contributed by atoms with Gasteiger partial charge < -0.3 is 42.8 Å². The number of carbonyl (C=O) groups is 1. The molecule has 1 N–H and O–H groups in total. The summed E-state index contributed by atoms with van der Waals surface area (Å²) >= 11 is 0. The van der Waals surface area contributed by atoms with Crippen LogP contribution < -0.4 is 14.8 Å². The minimum atomic E-state index is -1.88. The maximum Gasteiger partial charge on any atom is 0.259 e. The molecule has 1 amide bonds. The number of rotatable bonds is 22. The van der Waals surface area contributed by atoms with Crippen molar-refractivity contribution >= 4 is 31.4 Å². The van der Waals surface area contributed by atoms with Gasteiger partial charge in [-0.25, -0.2) is 19.6 Å². The average Bonchev–Trinajstić information content (AvgIpc) is 3.92. The largest absolute Gasteiger partial charge is 0.497 e. The molecule has 16 nitrogen and oxygen atoms in total. The predicted octanol–water partition coefficient (Wildman–Crippen LogP) is 8.65. The molecule has 0 saturated carbocycles. The van der Waals surface area contributed by atoms with Gasteiger partial charge in [0.1, 0.15) is 35.6 Å². The van der Waals surface area contributed by atoms with Gasteiger partial charge in [0.05, 0.1) is 52.9 Å². The Morgan fingerprint density at radius 3 is 1.98 bits per heavy atom. The standard InChI is InChI=1S/C49H56N7O9P/c1-33(2)56(34(3)4)66(62-28-14-27-50)65-43-42(61-30-29-58-5)47(55-32-53-41-44(51-31-52-45(41)55)54-46(57)35-15-10-8-11-16-35)63-48(43)64-49(36-17-12-9-13-18-36,37-19-23-39(59-6)24-20-37)38-21-25-40(60-7)26-22-38/h8-13,15-26,31-34,42-43,47-48H,14,28-30H2,1-7H3,(H,51,52,54,57). The maximum atomic E-state index is 13.4. The molecule has 66 heavy (non-hydrogen) atoms. The monoisotopic (exact) mass is 917 g/mol. The van der Waals surface area contributed by atoms with Gasteiger partial charge in [-0.2, -0.15) is 5.26 Å². The third-order valence-electron chi connectivity index (χ3n) is 11.0. The van der Waals surface area contributed by atoms with E-state index in [9.17, 15) is 10.1 Å². The van der Waals surface area contributed by atoms with E-state index in [1.165, 1.54) is 6.33 Å². The van der Waals surface area contributed by atoms with Crippen LogP contribution in [0.5, 0.6) is 11.5 Å². The highest BCUT2D eigenvalue weighted by atomic mass is 31.2. The summed E-state index contributed by atoms with van der Waals surface area (Å²) in [6.45, 7) is 8.81. The van der Waals surface area contributed by atoms with E-state index < -0.39 is 38.9 Å². The predicted molar refractivity (Wildman–Crippen MR) is 249 cm³/mol. The molecule has 1 aliphatic heterocycles. The molecule has 5 unspecified atom stereocenters. The molecule has 1 aliphatic rings. The SMILES string of the molecule is COCCOC1C(OP(OCCC#N)N(C(C)C)C(C)C)C(OC(c2ccccc2)(c2ccc(OC)cc2)c2ccc(OC)cc2)OC1n1cnc2c(NC(=O)c3ccccc3)ncnc21. The van der Waals surface area contributed by atoms with Crippen molar-refractivity contribution in [1.82, 2.24) is 24.2 Å². The first kappa shape index (κ1) is 48.1. The molecule has 346 valence electrons. The van der Waals surface area contributed by atoms with Crippen molar-refractivity contribution in [2.75, 3.05) is 46.5 Å². The van der Waals surface area contributed by atoms with E-state index in [0.29, 0.717) is 28.2 Å². The fourth-order valence-electron chi connectivity index (χ4n) is 7.98. The number of aromatic nitrogens is 4. The van der Waals surface area contributed by atoms with Crippen LogP contribution >= 0.6 is 8.53 Å². The van der Waals surface area contributed by atoms with E-state index in [4.69, 9.17) is 42.5 Å². The van der Waals surface area contributed by atoms with Crippen molar-refractivity contribution < 1.29 is 42.3 Å². The quantitative estimate of drug-likeness (QED) is 0.0389. The van der Waals surface area contributed by atoms with Crippen LogP contribution in [0.3, 0.4) is 0 Å². The Hall–Kier alpha value is -5.86. The average molecular weight is 918 g/mol. The number of nitrogens with one attached hydrogen (secondary N) is 1. The lowest BCUT2D eigenvalue weighted by Crippen LogP contribution is -2.45. The number of methoxy groups -OCH3 is 3. The number of imidazole rings is 1. The van der Waals surface area contributed by atoms with E-state index >= 15 is 0 Å². The Morgan fingerprint density at radius 2 is 1.41 bits per heavy atom. The minimum absolute atomic E-state index is 0.0237. The third-order valence-corrected chi connectivity index (χ3v) is 13.1. The Labute approximate surface area is 386 Å². The lowest BCUT2D eigenvalue weighted by molar-refractivity contribution is -0.213. The lowest BCUT2D eigenvalue weighted by atomic mass is 9.80. The molecule has 0 radical (unpaired) electrons. The van der Waals surface area contributed by atoms with Gasteiger partial charge in [-0.1, -0.05) is 72.8 Å². The number of benzene rings is 4. The first-order valence-electron chi connectivity index (χ1n) is 21.7. The zero-order valence-corrected chi connectivity index (χ0v) is 39.0. The summed E-state index contributed by atoms with van der Waals surface area (Å²) in [7, 11) is 2.96. The van der Waals surface area contributed by atoms with Crippen LogP contribution in [0.2, 0.25) is 0 Å². The summed E-state index contributed by atoms with van der Waals surface area (Å²) in [4.78, 5) is 27.2. The summed E-state index contributed by atoms with van der Waals surface area (Å²) in [6.07, 6.45) is -1.02. The maximum absolute atomic E-state index is 13.4. The van der Waals surface area contributed by atoms with Gasteiger partial charge in [-0.3, -0.25) is 9.36 Å². The summed E-state index contributed by atoms with van der Waals surface area (Å²) in [5.74, 6) is 1.18. The molecule has 4 aromatic carbocycles. The Balaban J connectivity index is 1.42. The topological polar surface area (TPSA) is 174 Å². The number of hydrogen-bond acceptors (Lipinski definition) is 14. The van der Waals surface area contributed by atoms with Gasteiger partial charge in [0, 0.05) is 24.8 Å². The minimum Gasteiger partial charge on any atom is -0.497 e. The second kappa shape index (κ2) is 22.6. The molecule has 7 rings (SSSR count). The van der Waals surface area contributed by atoms with Crippen molar-refractivity contribution in [2.24, 2.45) is 0 Å². The molecule has 0 bridgehead atoms. The molecule has 0 spiro atoms. The van der Waals surface area contributed by atoms with Crippen molar-refractivity contribution in [1.29, 1.82) is 5.26 Å². The molecule has 1 fully saturated rings. The van der Waals surface area contributed by atoms with E-state index in [1.54, 1.807) is 56.5 Å². The first-order valence-corrected chi connectivity index (χ1v) is 22.8. The summed E-state index contributed by atoms with van der Waals surface area (Å²) in [5.41, 5.74) is 2.10. The molecule has 17 heteroatoms. The number of ether oxygens (including phenoxy) is 6. The Kier molecular flexibility index (Phi) is 16.4. The third kappa shape index (κ3) is 10.5. The highest BCUT2D eigenvalue weighted by Crippen LogP contribution is 2.53. The van der Waals surface area contributed by atoms with Crippen molar-refractivity contribution in [3.63, 3.8) is 0 Å². The van der Waals surface area contributed by atoms with E-state index in [2.05, 4.69) is 53.7 Å². The van der Waals surface area contributed by atoms with Gasteiger partial charge in [0.25, 0.3) is 14.4 Å². The van der Waals surface area contributed by atoms with Crippen LogP contribution in [0, 0.1) is 11.3 Å². The molecule has 5 atom stereocenters. The number of hydrogen-bond donors (Lipinski definition) is 1. The van der Waals surface area contributed by atoms with Gasteiger partial charge in [-0.05, 0) is 80.8 Å². The van der Waals surface area contributed by atoms with Crippen molar-refractivity contribution in [3.05, 3.63) is 144 Å². The summed E-state index contributed by atoms with van der Waals surface area (Å²) in [6, 6.07) is 36.3. The van der Waals surface area contributed by atoms with Gasteiger partial charge in [0.15, 0.2) is 29.5 Å². The number of fused-ring (bicyclic) bond motifs is 1. The van der Waals surface area contributed by atoms with Crippen LogP contribution in [0.4, 0.5) is 5.82 Å². The van der Waals surface area contributed by atoms with Crippen molar-refractivity contribution in [2.45, 2.75) is 76.5 Å². The number of amides is 1. The Morgan fingerprint density at radius 1 is 0.803 bits per heavy atom. The molecular weight excluding hydrogens is 862 g/mol. The van der Waals surface area contributed by atoms with Gasteiger partial charge in [0.2, 0.25) is 0 Å². The van der Waals surface area contributed by atoms with E-state index in [0.717, 1.165) is 16.7 Å². The van der Waals surface area contributed by atoms with E-state index in [-0.39, 0.29) is 50.1 Å². The zero-order valence-electron chi connectivity index (χ0n) is 38.1. The number of nitrogens with zero attached hydrogens (tertiary/aromatic N) is 6. The molecule has 2 aromatic heterocycles. The highest BCUT2D eigenvalue weighted by Gasteiger charge is 2.54. The van der Waals surface area contributed by atoms with Crippen LogP contribution in [-0.2, 0) is 33.6 Å². The smallest absolute Gasteiger partial charge is 0.259 e. The zero-order chi connectivity index (χ0) is 46.6. The highest BCUT2D eigenvalue weighted by molar-refractivity contribution is 7.44. The molecule has 6 aromatic rings. The molecular formula is C49H56N7O9P. The fourth-order valence-corrected chi connectivity index (χ4v) is 9.71.